The summed E-state index contributed by atoms with van der Waals surface area (Å²) in [4.78, 5) is 11.7. The van der Waals surface area contributed by atoms with Crippen molar-refractivity contribution in [1.82, 2.24) is 10.2 Å². The van der Waals surface area contributed by atoms with Crippen molar-refractivity contribution in [2.45, 2.75) is 0 Å². The van der Waals surface area contributed by atoms with Crippen molar-refractivity contribution in [3.63, 3.8) is 0 Å². The van der Waals surface area contributed by atoms with E-state index in [1.54, 1.807) is 6.07 Å². The summed E-state index contributed by atoms with van der Waals surface area (Å²) >= 11 is 5.85. The van der Waals surface area contributed by atoms with E-state index in [0.717, 1.165) is 0 Å². The van der Waals surface area contributed by atoms with E-state index in [1.165, 1.54) is 18.2 Å². The minimum Gasteiger partial charge on any atom is -0.382 e. The average Bonchev–Trinajstić information content (AvgIpc) is 2.76. The highest BCUT2D eigenvalue weighted by Crippen LogP contribution is 2.20. The van der Waals surface area contributed by atoms with Crippen LogP contribution in [-0.2, 0) is 0 Å². The zero-order valence-corrected chi connectivity index (χ0v) is 9.82. The molecule has 1 aromatic heterocycles. The molecule has 2 aromatic rings. The summed E-state index contributed by atoms with van der Waals surface area (Å²) in [6.07, 6.45) is 0. The van der Waals surface area contributed by atoms with Crippen LogP contribution in [0.5, 0.6) is 0 Å². The van der Waals surface area contributed by atoms with E-state index >= 15 is 0 Å². The average molecular weight is 262 g/mol. The third-order valence-corrected chi connectivity index (χ3v) is 2.50. The van der Waals surface area contributed by atoms with E-state index in [4.69, 9.17) is 22.6 Å². The lowest BCUT2D eigenvalue weighted by Crippen LogP contribution is -2.12. The third-order valence-electron chi connectivity index (χ3n) is 2.19. The third kappa shape index (κ3) is 2.42. The molecule has 0 aliphatic carbocycles. The molecule has 0 saturated heterocycles. The van der Waals surface area contributed by atoms with Crippen LogP contribution in [-0.4, -0.2) is 16.1 Å². The summed E-state index contributed by atoms with van der Waals surface area (Å²) in [7, 11) is 0. The molecule has 90 valence electrons. The summed E-state index contributed by atoms with van der Waals surface area (Å²) in [5.74, 6) is -0.155. The zero-order valence-electron chi connectivity index (χ0n) is 9.07. The van der Waals surface area contributed by atoms with Crippen LogP contribution in [0.1, 0.15) is 16.1 Å². The molecule has 6 nitrogen and oxygen atoms in total. The number of H-pyrrole nitrogens is 1. The highest BCUT2D eigenvalue weighted by Gasteiger charge is 2.10. The van der Waals surface area contributed by atoms with Gasteiger partial charge in [-0.15, -0.1) is 0 Å². The van der Waals surface area contributed by atoms with Gasteiger partial charge in [0.05, 0.1) is 10.6 Å². The number of carbonyl (C=O) groups excluding carboxylic acids is 1. The van der Waals surface area contributed by atoms with Gasteiger partial charge in [0.15, 0.2) is 0 Å². The highest BCUT2D eigenvalue weighted by molar-refractivity contribution is 6.32. The Morgan fingerprint density at radius 2 is 2.28 bits per heavy atom. The lowest BCUT2D eigenvalue weighted by molar-refractivity contribution is 0.102. The zero-order chi connectivity index (χ0) is 13.1. The van der Waals surface area contributed by atoms with Crippen LogP contribution in [0, 0.1) is 11.3 Å². The summed E-state index contributed by atoms with van der Waals surface area (Å²) in [5, 5.41) is 17.7. The number of nitrogens with one attached hydrogen (secondary N) is 2. The number of hydrogen-bond donors (Lipinski definition) is 3. The topological polar surface area (TPSA) is 108 Å². The first-order valence-corrected chi connectivity index (χ1v) is 5.30. The summed E-state index contributed by atoms with van der Waals surface area (Å²) < 4.78 is 0. The Hall–Kier alpha value is -2.52. The molecule has 4 N–H and O–H groups in total. The molecular weight excluding hydrogens is 254 g/mol. The second-order valence-corrected chi connectivity index (χ2v) is 3.87. The molecule has 7 heteroatoms. The molecule has 0 saturated carbocycles. The number of hydrogen-bond acceptors (Lipinski definition) is 4. The van der Waals surface area contributed by atoms with Crippen LogP contribution in [0.25, 0.3) is 0 Å². The number of nitrogens with two attached hydrogens (primary N) is 1. The predicted molar refractivity (Wildman–Crippen MR) is 67.1 cm³/mol. The van der Waals surface area contributed by atoms with Crippen molar-refractivity contribution in [1.29, 1.82) is 5.26 Å². The first-order chi connectivity index (χ1) is 8.60. The fraction of sp³-hybridized carbons (Fsp3) is 0. The van der Waals surface area contributed by atoms with Gasteiger partial charge in [0.2, 0.25) is 0 Å². The molecule has 0 radical (unpaired) electrons. The quantitative estimate of drug-likeness (QED) is 0.765. The first kappa shape index (κ1) is 12.0. The van der Waals surface area contributed by atoms with Crippen LogP contribution in [0.3, 0.4) is 0 Å². The maximum absolute atomic E-state index is 11.7. The minimum atomic E-state index is -0.389. The monoisotopic (exact) mass is 261 g/mol. The normalized spacial score (nSPS) is 9.78. The van der Waals surface area contributed by atoms with Crippen LogP contribution < -0.4 is 11.1 Å². The number of nitrogen functional groups attached to an aromatic ring is 1. The van der Waals surface area contributed by atoms with Gasteiger partial charge in [-0.2, -0.15) is 10.4 Å². The predicted octanol–water partition coefficient (Wildman–Crippen LogP) is 1.77. The van der Waals surface area contributed by atoms with Crippen molar-refractivity contribution in [2.24, 2.45) is 0 Å². The molecule has 0 aliphatic heterocycles. The summed E-state index contributed by atoms with van der Waals surface area (Å²) in [6, 6.07) is 7.96. The SMILES string of the molecule is N#Cc1ccc(NC(=O)c2cc(N)n[nH]2)cc1Cl. The van der Waals surface area contributed by atoms with Gasteiger partial charge in [-0.3, -0.25) is 9.89 Å². The number of amides is 1. The number of halogens is 1. The van der Waals surface area contributed by atoms with Crippen LogP contribution in [0.4, 0.5) is 11.5 Å². The van der Waals surface area contributed by atoms with Crippen LogP contribution in [0.2, 0.25) is 5.02 Å². The van der Waals surface area contributed by atoms with Crippen LogP contribution >= 0.6 is 11.6 Å². The molecular formula is C11H8ClN5O. The Kier molecular flexibility index (Phi) is 3.17. The van der Waals surface area contributed by atoms with Gasteiger partial charge in [-0.1, -0.05) is 11.6 Å². The van der Waals surface area contributed by atoms with Crippen molar-refractivity contribution in [2.75, 3.05) is 11.1 Å². The minimum absolute atomic E-state index is 0.234. The Morgan fingerprint density at radius 3 is 2.83 bits per heavy atom. The largest absolute Gasteiger partial charge is 0.382 e. The molecule has 1 aromatic carbocycles. The molecule has 0 unspecified atom stereocenters. The number of carbonyl (C=O) groups is 1. The number of nitrogens with zero attached hydrogens (tertiary/aromatic N) is 2. The van der Waals surface area contributed by atoms with E-state index in [2.05, 4.69) is 15.5 Å². The van der Waals surface area contributed by atoms with E-state index in [9.17, 15) is 4.79 Å². The molecule has 1 heterocycles. The molecule has 18 heavy (non-hydrogen) atoms. The van der Waals surface area contributed by atoms with Crippen molar-refractivity contribution < 1.29 is 4.79 Å². The van der Waals surface area contributed by atoms with E-state index in [1.807, 2.05) is 6.07 Å². The molecule has 0 spiro atoms. The smallest absolute Gasteiger partial charge is 0.273 e. The number of aromatic nitrogens is 2. The fourth-order valence-electron chi connectivity index (χ4n) is 1.34. The molecule has 2 rings (SSSR count). The Balaban J connectivity index is 2.17. The standard InChI is InChI=1S/C11H8ClN5O/c12-8-3-7(2-1-6(8)5-13)15-11(18)9-4-10(14)17-16-9/h1-4H,(H,15,18)(H3,14,16,17). The Labute approximate surface area is 107 Å². The highest BCUT2D eigenvalue weighted by atomic mass is 35.5. The van der Waals surface area contributed by atoms with Gasteiger partial charge in [0.1, 0.15) is 17.6 Å². The maximum Gasteiger partial charge on any atom is 0.273 e. The molecule has 0 fully saturated rings. The Bertz CT molecular complexity index is 643. The number of nitriles is 1. The first-order valence-electron chi connectivity index (χ1n) is 4.92. The molecule has 0 aliphatic rings. The maximum atomic E-state index is 11.7. The lowest BCUT2D eigenvalue weighted by Gasteiger charge is -2.04. The molecule has 0 bridgehead atoms. The Morgan fingerprint density at radius 1 is 1.50 bits per heavy atom. The van der Waals surface area contributed by atoms with E-state index in [0.29, 0.717) is 11.3 Å². The second-order valence-electron chi connectivity index (χ2n) is 3.47. The van der Waals surface area contributed by atoms with Crippen molar-refractivity contribution in [3.8, 4) is 6.07 Å². The van der Waals surface area contributed by atoms with Gasteiger partial charge in [0.25, 0.3) is 5.91 Å². The van der Waals surface area contributed by atoms with Gasteiger partial charge in [0, 0.05) is 11.8 Å². The van der Waals surface area contributed by atoms with E-state index in [-0.39, 0.29) is 22.4 Å². The fourth-order valence-corrected chi connectivity index (χ4v) is 1.56. The van der Waals surface area contributed by atoms with Crippen molar-refractivity contribution >= 4 is 29.0 Å². The van der Waals surface area contributed by atoms with Gasteiger partial charge in [-0.05, 0) is 18.2 Å². The lowest BCUT2D eigenvalue weighted by atomic mass is 10.2. The molecule has 1 amide bonds. The van der Waals surface area contributed by atoms with Gasteiger partial charge >= 0.3 is 0 Å². The number of rotatable bonds is 2. The summed E-state index contributed by atoms with van der Waals surface area (Å²) in [6.45, 7) is 0. The van der Waals surface area contributed by atoms with Crippen molar-refractivity contribution in [3.05, 3.63) is 40.5 Å². The van der Waals surface area contributed by atoms with Crippen LogP contribution in [0.15, 0.2) is 24.3 Å². The number of anilines is 2. The second kappa shape index (κ2) is 4.77. The van der Waals surface area contributed by atoms with Gasteiger partial charge in [-0.25, -0.2) is 0 Å². The van der Waals surface area contributed by atoms with Gasteiger partial charge < -0.3 is 11.1 Å². The van der Waals surface area contributed by atoms with E-state index < -0.39 is 0 Å². The number of benzene rings is 1. The molecule has 0 atom stereocenters. The summed E-state index contributed by atoms with van der Waals surface area (Å²) in [5.41, 5.74) is 6.47. The number of aromatic amines is 1.